The minimum Gasteiger partial charge on any atom is -0.488 e. The number of benzene rings is 4. The summed E-state index contributed by atoms with van der Waals surface area (Å²) >= 11 is 0. The average molecular weight is 592 g/mol. The topological polar surface area (TPSA) is 90.4 Å². The van der Waals surface area contributed by atoms with Gasteiger partial charge < -0.3 is 24.3 Å². The maximum atomic E-state index is 12.8. The highest BCUT2D eigenvalue weighted by Crippen LogP contribution is 2.38. The third-order valence-electron chi connectivity index (χ3n) is 7.81. The first kappa shape index (κ1) is 29.4. The van der Waals surface area contributed by atoms with Crippen molar-refractivity contribution in [1.82, 2.24) is 5.43 Å². The number of carbonyl (C=O) groups is 1. The predicted molar refractivity (Wildman–Crippen MR) is 170 cm³/mol. The Kier molecular flexibility index (Phi) is 8.91. The highest BCUT2D eigenvalue weighted by Gasteiger charge is 2.42. The fourth-order valence-corrected chi connectivity index (χ4v) is 5.57. The van der Waals surface area contributed by atoms with Crippen molar-refractivity contribution >= 4 is 17.9 Å². The summed E-state index contributed by atoms with van der Waals surface area (Å²) in [6.07, 6.45) is 3.00. The zero-order valence-electron chi connectivity index (χ0n) is 25.0. The van der Waals surface area contributed by atoms with Crippen LogP contribution in [-0.4, -0.2) is 31.2 Å². The monoisotopic (exact) mass is 591 g/mol. The second-order valence-corrected chi connectivity index (χ2v) is 11.4. The van der Waals surface area contributed by atoms with Gasteiger partial charge in [0.1, 0.15) is 24.7 Å². The van der Waals surface area contributed by atoms with Crippen molar-refractivity contribution in [2.75, 3.05) is 18.5 Å². The maximum absolute atomic E-state index is 12.8. The van der Waals surface area contributed by atoms with Gasteiger partial charge in [0.15, 0.2) is 5.79 Å². The van der Waals surface area contributed by atoms with E-state index in [1.54, 1.807) is 6.21 Å². The molecule has 4 aromatic rings. The molecular weight excluding hydrogens is 554 g/mol. The molecule has 0 saturated carbocycles. The summed E-state index contributed by atoms with van der Waals surface area (Å²) in [6.45, 7) is 6.28. The molecule has 6 rings (SSSR count). The molecule has 2 amide bonds. The Hall–Kier alpha value is -4.66. The Morgan fingerprint density at radius 2 is 1.48 bits per heavy atom. The van der Waals surface area contributed by atoms with Gasteiger partial charge in [-0.2, -0.15) is 5.10 Å². The maximum Gasteiger partial charge on any atom is 0.339 e. The van der Waals surface area contributed by atoms with Crippen molar-refractivity contribution in [2.45, 2.75) is 51.6 Å². The van der Waals surface area contributed by atoms with E-state index in [1.807, 2.05) is 91.0 Å². The van der Waals surface area contributed by atoms with Gasteiger partial charge in [-0.25, -0.2) is 10.2 Å². The molecule has 8 nitrogen and oxygen atoms in total. The van der Waals surface area contributed by atoms with E-state index in [4.69, 9.17) is 18.9 Å². The highest BCUT2D eigenvalue weighted by atomic mass is 16.7. The van der Waals surface area contributed by atoms with Gasteiger partial charge in [-0.1, -0.05) is 80.6 Å². The molecule has 226 valence electrons. The van der Waals surface area contributed by atoms with E-state index in [0.29, 0.717) is 44.3 Å². The zero-order chi connectivity index (χ0) is 30.4. The molecule has 1 saturated heterocycles. The van der Waals surface area contributed by atoms with Crippen LogP contribution in [0.5, 0.6) is 11.5 Å². The summed E-state index contributed by atoms with van der Waals surface area (Å²) in [4.78, 5) is 12.8. The number of hydrogen-bond donors (Lipinski definition) is 2. The molecule has 1 heterocycles. The van der Waals surface area contributed by atoms with E-state index >= 15 is 0 Å². The van der Waals surface area contributed by atoms with Crippen molar-refractivity contribution < 1.29 is 23.7 Å². The fraction of sp³-hybridized carbons (Fsp3) is 0.278. The molecule has 0 unspecified atom stereocenters. The number of hydrogen-bond acceptors (Lipinski definition) is 6. The standard InChI is InChI=1S/C36H37N3O5/c1-25(2)32-18-30(22-37-39-35(40)38-31-14-13-28-20-36(21-29(28)17-31)43-15-16-44-36)33(41-23-26-9-5-3-6-10-26)19-34(32)42-24-27-11-7-4-8-12-27/h3-14,17-19,22,25H,15-16,20-21,23-24H2,1-2H3,(H2,38,39,40)/b37-22-. The third kappa shape index (κ3) is 7.10. The number of ether oxygens (including phenoxy) is 4. The summed E-state index contributed by atoms with van der Waals surface area (Å²) in [5.41, 5.74) is 9.44. The molecule has 4 aromatic carbocycles. The number of anilines is 1. The Morgan fingerprint density at radius 3 is 2.14 bits per heavy atom. The van der Waals surface area contributed by atoms with Crippen molar-refractivity contribution in [2.24, 2.45) is 5.10 Å². The van der Waals surface area contributed by atoms with E-state index in [1.165, 1.54) is 5.56 Å². The SMILES string of the molecule is CC(C)c1cc(/C=N\NC(=O)Nc2ccc3c(c2)CC2(C3)OCCO2)c(OCc2ccccc2)cc1OCc1ccccc1. The number of amides is 2. The molecule has 0 aromatic heterocycles. The van der Waals surface area contributed by atoms with Crippen LogP contribution in [-0.2, 0) is 35.5 Å². The lowest BCUT2D eigenvalue weighted by molar-refractivity contribution is -0.147. The van der Waals surface area contributed by atoms with E-state index in [-0.39, 0.29) is 5.92 Å². The first-order valence-electron chi connectivity index (χ1n) is 15.0. The molecule has 44 heavy (non-hydrogen) atoms. The Bertz CT molecular complexity index is 1620. The van der Waals surface area contributed by atoms with Crippen molar-refractivity contribution in [3.8, 4) is 11.5 Å². The van der Waals surface area contributed by atoms with E-state index in [0.717, 1.165) is 40.0 Å². The second kappa shape index (κ2) is 13.3. The number of urea groups is 1. The molecule has 1 fully saturated rings. The van der Waals surface area contributed by atoms with Gasteiger partial charge in [0.05, 0.1) is 19.4 Å². The van der Waals surface area contributed by atoms with Crippen LogP contribution in [0.25, 0.3) is 0 Å². The lowest BCUT2D eigenvalue weighted by Gasteiger charge is -2.20. The lowest BCUT2D eigenvalue weighted by Crippen LogP contribution is -2.30. The van der Waals surface area contributed by atoms with E-state index in [2.05, 4.69) is 29.7 Å². The Labute approximate surface area is 258 Å². The van der Waals surface area contributed by atoms with Crippen LogP contribution in [0.1, 0.15) is 53.1 Å². The molecule has 0 atom stereocenters. The van der Waals surface area contributed by atoms with Crippen molar-refractivity contribution in [1.29, 1.82) is 0 Å². The van der Waals surface area contributed by atoms with Crippen LogP contribution < -0.4 is 20.2 Å². The fourth-order valence-electron chi connectivity index (χ4n) is 5.57. The normalized spacial score (nSPS) is 15.1. The molecule has 2 N–H and O–H groups in total. The number of nitrogens with one attached hydrogen (secondary N) is 2. The van der Waals surface area contributed by atoms with Gasteiger partial charge >= 0.3 is 6.03 Å². The minimum absolute atomic E-state index is 0.186. The van der Waals surface area contributed by atoms with Crippen LogP contribution in [0, 0.1) is 0 Å². The molecule has 1 spiro atoms. The lowest BCUT2D eigenvalue weighted by atomic mass is 9.99. The number of fused-ring (bicyclic) bond motifs is 1. The van der Waals surface area contributed by atoms with E-state index in [9.17, 15) is 4.79 Å². The van der Waals surface area contributed by atoms with Gasteiger partial charge in [-0.15, -0.1) is 0 Å². The largest absolute Gasteiger partial charge is 0.488 e. The molecule has 2 aliphatic rings. The van der Waals surface area contributed by atoms with Gasteiger partial charge in [0.25, 0.3) is 0 Å². The zero-order valence-corrected chi connectivity index (χ0v) is 25.0. The smallest absolute Gasteiger partial charge is 0.339 e. The molecular formula is C36H37N3O5. The van der Waals surface area contributed by atoms with Crippen molar-refractivity contribution in [3.63, 3.8) is 0 Å². The first-order valence-corrected chi connectivity index (χ1v) is 15.0. The Morgan fingerprint density at radius 1 is 0.841 bits per heavy atom. The van der Waals surface area contributed by atoms with Crippen LogP contribution in [0.15, 0.2) is 96.1 Å². The van der Waals surface area contributed by atoms with Crippen LogP contribution in [0.4, 0.5) is 10.5 Å². The summed E-state index contributed by atoms with van der Waals surface area (Å²) < 4.78 is 24.3. The van der Waals surface area contributed by atoms with Crippen molar-refractivity contribution in [3.05, 3.63) is 124 Å². The average Bonchev–Trinajstić information content (AvgIpc) is 3.65. The van der Waals surface area contributed by atoms with Crippen LogP contribution in [0.2, 0.25) is 0 Å². The summed E-state index contributed by atoms with van der Waals surface area (Å²) in [7, 11) is 0. The molecule has 1 aliphatic heterocycles. The van der Waals surface area contributed by atoms with Gasteiger partial charge in [-0.05, 0) is 51.9 Å². The number of nitrogens with zero attached hydrogens (tertiary/aromatic N) is 1. The van der Waals surface area contributed by atoms with Gasteiger partial charge in [-0.3, -0.25) is 0 Å². The van der Waals surface area contributed by atoms with E-state index < -0.39 is 11.8 Å². The first-order chi connectivity index (χ1) is 21.5. The summed E-state index contributed by atoms with van der Waals surface area (Å²) in [5.74, 6) is 0.995. The minimum atomic E-state index is -0.551. The number of carbonyl (C=O) groups excluding carboxylic acids is 1. The molecule has 0 bridgehead atoms. The second-order valence-electron chi connectivity index (χ2n) is 11.4. The van der Waals surface area contributed by atoms with Crippen LogP contribution in [0.3, 0.4) is 0 Å². The summed E-state index contributed by atoms with van der Waals surface area (Å²) in [6, 6.07) is 29.4. The molecule has 8 heteroatoms. The molecule has 1 aliphatic carbocycles. The van der Waals surface area contributed by atoms with Gasteiger partial charge in [0, 0.05) is 30.2 Å². The molecule has 0 radical (unpaired) electrons. The quantitative estimate of drug-likeness (QED) is 0.154. The predicted octanol–water partition coefficient (Wildman–Crippen LogP) is 6.97. The third-order valence-corrected chi connectivity index (χ3v) is 7.81. The number of hydrazone groups is 1. The Balaban J connectivity index is 1.16. The van der Waals surface area contributed by atoms with Gasteiger partial charge in [0.2, 0.25) is 0 Å². The van der Waals surface area contributed by atoms with Crippen LogP contribution >= 0.6 is 0 Å². The highest BCUT2D eigenvalue weighted by molar-refractivity contribution is 5.91. The number of rotatable bonds is 10. The summed E-state index contributed by atoms with van der Waals surface area (Å²) in [5, 5.41) is 7.13.